The van der Waals surface area contributed by atoms with E-state index in [0.717, 1.165) is 5.57 Å². The number of allylic oxidation sites excluding steroid dienone is 3. The van der Waals surface area contributed by atoms with Crippen LogP contribution in [-0.4, -0.2) is 11.2 Å². The molecule has 0 aliphatic rings. The first kappa shape index (κ1) is 10.0. The average Bonchev–Trinajstić information content (AvgIpc) is 1.97. The van der Waals surface area contributed by atoms with Crippen LogP contribution in [0.15, 0.2) is 23.8 Å². The molecular formula is C10H14O. The molecule has 11 heavy (non-hydrogen) atoms. The zero-order valence-electron chi connectivity index (χ0n) is 7.26. The molecule has 1 atom stereocenters. The van der Waals surface area contributed by atoms with Gasteiger partial charge >= 0.3 is 0 Å². The van der Waals surface area contributed by atoms with Gasteiger partial charge in [0.25, 0.3) is 0 Å². The minimum Gasteiger partial charge on any atom is -0.389 e. The predicted molar refractivity (Wildman–Crippen MR) is 48.0 cm³/mol. The first-order valence-corrected chi connectivity index (χ1v) is 3.66. The van der Waals surface area contributed by atoms with Gasteiger partial charge < -0.3 is 5.11 Å². The largest absolute Gasteiger partial charge is 0.389 e. The minimum atomic E-state index is -0.407. The molecule has 0 radical (unpaired) electrons. The SMILES string of the molecule is C/C=C(/C)C#C/C=C/C(C)O. The summed E-state index contributed by atoms with van der Waals surface area (Å²) in [6.07, 6.45) is 4.85. The van der Waals surface area contributed by atoms with Crippen LogP contribution in [0.5, 0.6) is 0 Å². The molecule has 0 bridgehead atoms. The summed E-state index contributed by atoms with van der Waals surface area (Å²) in [5, 5.41) is 8.81. The van der Waals surface area contributed by atoms with Crippen LogP contribution in [0.1, 0.15) is 20.8 Å². The highest BCUT2D eigenvalue weighted by molar-refractivity contribution is 5.30. The van der Waals surface area contributed by atoms with Gasteiger partial charge in [0.05, 0.1) is 6.10 Å². The number of aliphatic hydroxyl groups excluding tert-OH is 1. The zero-order valence-corrected chi connectivity index (χ0v) is 7.26. The van der Waals surface area contributed by atoms with Crippen molar-refractivity contribution in [3.8, 4) is 11.8 Å². The Bertz CT molecular complexity index is 211. The summed E-state index contributed by atoms with van der Waals surface area (Å²) in [4.78, 5) is 0. The van der Waals surface area contributed by atoms with E-state index in [1.165, 1.54) is 0 Å². The highest BCUT2D eigenvalue weighted by Gasteiger charge is 1.80. The molecule has 0 aromatic carbocycles. The Morgan fingerprint density at radius 1 is 1.55 bits per heavy atom. The normalized spacial score (nSPS) is 14.4. The summed E-state index contributed by atoms with van der Waals surface area (Å²) >= 11 is 0. The summed E-state index contributed by atoms with van der Waals surface area (Å²) in [6, 6.07) is 0. The lowest BCUT2D eigenvalue weighted by atomic mass is 10.3. The summed E-state index contributed by atoms with van der Waals surface area (Å²) in [5.41, 5.74) is 1.04. The van der Waals surface area contributed by atoms with E-state index in [9.17, 15) is 0 Å². The van der Waals surface area contributed by atoms with Crippen LogP contribution in [0.25, 0.3) is 0 Å². The van der Waals surface area contributed by atoms with Crippen molar-refractivity contribution in [2.75, 3.05) is 0 Å². The topological polar surface area (TPSA) is 20.2 Å². The molecule has 0 fully saturated rings. The van der Waals surface area contributed by atoms with E-state index >= 15 is 0 Å². The lowest BCUT2D eigenvalue weighted by Crippen LogP contribution is -1.90. The molecule has 0 heterocycles. The summed E-state index contributed by atoms with van der Waals surface area (Å²) in [5.74, 6) is 5.71. The molecule has 0 aliphatic carbocycles. The van der Waals surface area contributed by atoms with Gasteiger partial charge in [-0.15, -0.1) is 0 Å². The first-order valence-electron chi connectivity index (χ1n) is 3.66. The highest BCUT2D eigenvalue weighted by atomic mass is 16.3. The average molecular weight is 150 g/mol. The zero-order chi connectivity index (χ0) is 8.69. The first-order chi connectivity index (χ1) is 5.16. The lowest BCUT2D eigenvalue weighted by Gasteiger charge is -1.87. The fourth-order valence-corrected chi connectivity index (χ4v) is 0.415. The van der Waals surface area contributed by atoms with Crippen molar-refractivity contribution in [2.24, 2.45) is 0 Å². The Morgan fingerprint density at radius 2 is 2.18 bits per heavy atom. The van der Waals surface area contributed by atoms with Crippen molar-refractivity contribution in [2.45, 2.75) is 26.9 Å². The maximum atomic E-state index is 8.81. The molecule has 0 aromatic rings. The molecule has 0 aliphatic heterocycles. The second kappa shape index (κ2) is 5.76. The molecule has 0 aromatic heterocycles. The van der Waals surface area contributed by atoms with Crippen LogP contribution >= 0.6 is 0 Å². The second-order valence-corrected chi connectivity index (χ2v) is 2.34. The molecule has 0 spiro atoms. The number of hydrogen-bond acceptors (Lipinski definition) is 1. The van der Waals surface area contributed by atoms with Gasteiger partial charge in [0.1, 0.15) is 0 Å². The monoisotopic (exact) mass is 150 g/mol. The van der Waals surface area contributed by atoms with Gasteiger partial charge in [0, 0.05) is 0 Å². The molecule has 1 unspecified atom stereocenters. The Kier molecular flexibility index (Phi) is 5.24. The number of hydrogen-bond donors (Lipinski definition) is 1. The molecular weight excluding hydrogens is 136 g/mol. The summed E-state index contributed by atoms with van der Waals surface area (Å²) in [7, 11) is 0. The molecule has 0 saturated carbocycles. The predicted octanol–water partition coefficient (Wildman–Crippen LogP) is 1.89. The van der Waals surface area contributed by atoms with Crippen LogP contribution in [0.2, 0.25) is 0 Å². The molecule has 0 rings (SSSR count). The van der Waals surface area contributed by atoms with Crippen molar-refractivity contribution in [1.82, 2.24) is 0 Å². The third kappa shape index (κ3) is 6.89. The number of rotatable bonds is 1. The summed E-state index contributed by atoms with van der Waals surface area (Å²) < 4.78 is 0. The Morgan fingerprint density at radius 3 is 2.64 bits per heavy atom. The molecule has 1 heteroatoms. The van der Waals surface area contributed by atoms with Crippen molar-refractivity contribution in [3.05, 3.63) is 23.8 Å². The maximum Gasteiger partial charge on any atom is 0.0701 e. The van der Waals surface area contributed by atoms with Crippen LogP contribution < -0.4 is 0 Å². The van der Waals surface area contributed by atoms with Crippen molar-refractivity contribution in [1.29, 1.82) is 0 Å². The maximum absolute atomic E-state index is 8.81. The third-order valence-corrected chi connectivity index (χ3v) is 1.16. The van der Waals surface area contributed by atoms with E-state index in [1.807, 2.05) is 19.9 Å². The van der Waals surface area contributed by atoms with E-state index in [1.54, 1.807) is 19.1 Å². The van der Waals surface area contributed by atoms with Gasteiger partial charge in [0.2, 0.25) is 0 Å². The Balaban J connectivity index is 3.91. The van der Waals surface area contributed by atoms with Gasteiger partial charge in [-0.05, 0) is 38.5 Å². The van der Waals surface area contributed by atoms with Crippen LogP contribution in [0.4, 0.5) is 0 Å². The van der Waals surface area contributed by atoms with Gasteiger partial charge in [0.15, 0.2) is 0 Å². The van der Waals surface area contributed by atoms with Gasteiger partial charge in [-0.1, -0.05) is 17.9 Å². The van der Waals surface area contributed by atoms with E-state index in [0.29, 0.717) is 0 Å². The molecule has 60 valence electrons. The van der Waals surface area contributed by atoms with Crippen LogP contribution in [-0.2, 0) is 0 Å². The quantitative estimate of drug-likeness (QED) is 0.566. The molecule has 0 saturated heterocycles. The molecule has 1 N–H and O–H groups in total. The number of aliphatic hydroxyl groups is 1. The van der Waals surface area contributed by atoms with Gasteiger partial charge in [-0.2, -0.15) is 0 Å². The Labute approximate surface area is 68.4 Å². The lowest BCUT2D eigenvalue weighted by molar-refractivity contribution is 0.244. The van der Waals surface area contributed by atoms with Gasteiger partial charge in [-0.3, -0.25) is 0 Å². The van der Waals surface area contributed by atoms with E-state index in [2.05, 4.69) is 11.8 Å². The third-order valence-electron chi connectivity index (χ3n) is 1.16. The highest BCUT2D eigenvalue weighted by Crippen LogP contribution is 1.87. The molecule has 1 nitrogen and oxygen atoms in total. The standard InChI is InChI=1S/C10H14O/c1-4-9(2)7-5-6-8-10(3)11/h4,6,8,10-11H,1-3H3/b8-6+,9-4-. The van der Waals surface area contributed by atoms with Crippen LogP contribution in [0.3, 0.4) is 0 Å². The van der Waals surface area contributed by atoms with E-state index < -0.39 is 6.10 Å². The van der Waals surface area contributed by atoms with Crippen molar-refractivity contribution >= 4 is 0 Å². The second-order valence-electron chi connectivity index (χ2n) is 2.34. The Hall–Kier alpha value is -1.00. The van der Waals surface area contributed by atoms with Crippen LogP contribution in [0, 0.1) is 11.8 Å². The fraction of sp³-hybridized carbons (Fsp3) is 0.400. The van der Waals surface area contributed by atoms with Gasteiger partial charge in [-0.25, -0.2) is 0 Å². The molecule has 0 amide bonds. The summed E-state index contributed by atoms with van der Waals surface area (Å²) in [6.45, 7) is 5.59. The van der Waals surface area contributed by atoms with E-state index in [-0.39, 0.29) is 0 Å². The van der Waals surface area contributed by atoms with E-state index in [4.69, 9.17) is 5.11 Å². The van der Waals surface area contributed by atoms with Crippen molar-refractivity contribution in [3.63, 3.8) is 0 Å². The fourth-order valence-electron chi connectivity index (χ4n) is 0.415. The van der Waals surface area contributed by atoms with Crippen molar-refractivity contribution < 1.29 is 5.11 Å². The minimum absolute atomic E-state index is 0.407. The smallest absolute Gasteiger partial charge is 0.0701 e.